The summed E-state index contributed by atoms with van der Waals surface area (Å²) >= 11 is 5.12. The molecule has 3 aromatic rings. The number of fused-ring (bicyclic) bond motifs is 1. The fourth-order valence-electron chi connectivity index (χ4n) is 2.58. The molecule has 0 aliphatic carbocycles. The van der Waals surface area contributed by atoms with E-state index in [1.807, 2.05) is 0 Å². The molecule has 0 fully saturated rings. The van der Waals surface area contributed by atoms with Crippen LogP contribution in [0.4, 0.5) is 24.5 Å². The van der Waals surface area contributed by atoms with Gasteiger partial charge in [-0.1, -0.05) is 0 Å². The molecule has 0 radical (unpaired) electrons. The molecule has 0 saturated heterocycles. The monoisotopic (exact) mass is 440 g/mol. The summed E-state index contributed by atoms with van der Waals surface area (Å²) in [5, 5.41) is 20.6. The van der Waals surface area contributed by atoms with Crippen LogP contribution in [0.1, 0.15) is 0 Å². The number of aromatic nitrogens is 1. The Bertz CT molecular complexity index is 1110. The third-order valence-corrected chi connectivity index (χ3v) is 4.03. The predicted octanol–water partition coefficient (Wildman–Crippen LogP) is 5.27. The molecule has 158 valence electrons. The molecule has 0 amide bonds. The van der Waals surface area contributed by atoms with Crippen molar-refractivity contribution in [3.63, 3.8) is 0 Å². The standard InChI is InChI=1S/C18H15F3N4O4S/c1-27-9-3-6-13(14(8-9)28-2)23-17(30)25-24-15-11-7-10(29-18(19,20)21)4-5-12(11)22-16(15)26/h3-8,22,26H,1-2H3,(H,23,30). The minimum atomic E-state index is -4.85. The summed E-state index contributed by atoms with van der Waals surface area (Å²) < 4.78 is 51.6. The number of hydrogen-bond donors (Lipinski definition) is 3. The number of ether oxygens (including phenoxy) is 3. The first-order valence-corrected chi connectivity index (χ1v) is 8.66. The van der Waals surface area contributed by atoms with E-state index in [1.54, 1.807) is 18.2 Å². The van der Waals surface area contributed by atoms with E-state index in [9.17, 15) is 18.3 Å². The number of thiocarbonyl (C=S) groups is 1. The van der Waals surface area contributed by atoms with Crippen molar-refractivity contribution in [1.82, 2.24) is 4.98 Å². The first kappa shape index (κ1) is 21.2. The quantitative estimate of drug-likeness (QED) is 0.369. The van der Waals surface area contributed by atoms with Gasteiger partial charge in [0.25, 0.3) is 0 Å². The molecule has 1 aromatic heterocycles. The van der Waals surface area contributed by atoms with E-state index < -0.39 is 12.1 Å². The molecule has 0 spiro atoms. The highest BCUT2D eigenvalue weighted by Crippen LogP contribution is 2.38. The maximum atomic E-state index is 12.5. The Hall–Kier alpha value is -3.54. The molecule has 0 bridgehead atoms. The number of nitrogens with one attached hydrogen (secondary N) is 2. The normalized spacial score (nSPS) is 11.6. The molecule has 12 heteroatoms. The molecule has 2 aromatic carbocycles. The lowest BCUT2D eigenvalue weighted by molar-refractivity contribution is -0.274. The molecule has 0 aliphatic heterocycles. The molecule has 0 atom stereocenters. The Morgan fingerprint density at radius 1 is 1.10 bits per heavy atom. The largest absolute Gasteiger partial charge is 0.573 e. The zero-order valence-corrected chi connectivity index (χ0v) is 16.4. The zero-order valence-electron chi connectivity index (χ0n) is 15.6. The lowest BCUT2D eigenvalue weighted by atomic mass is 10.2. The fourth-order valence-corrected chi connectivity index (χ4v) is 2.73. The smallest absolute Gasteiger partial charge is 0.497 e. The van der Waals surface area contributed by atoms with Crippen LogP contribution in [0.5, 0.6) is 23.1 Å². The van der Waals surface area contributed by atoms with Crippen LogP contribution < -0.4 is 19.5 Å². The summed E-state index contributed by atoms with van der Waals surface area (Å²) in [6.07, 6.45) is -4.85. The SMILES string of the molecule is COc1ccc(NC(=S)N=Nc2c(O)[nH]c3ccc(OC(F)(F)F)cc23)c(OC)c1. The Kier molecular flexibility index (Phi) is 5.96. The molecule has 0 unspecified atom stereocenters. The van der Waals surface area contributed by atoms with E-state index in [0.717, 1.165) is 12.1 Å². The number of azo groups is 1. The van der Waals surface area contributed by atoms with Crippen LogP contribution in [0.25, 0.3) is 10.9 Å². The van der Waals surface area contributed by atoms with E-state index >= 15 is 0 Å². The van der Waals surface area contributed by atoms with Crippen LogP contribution in [-0.2, 0) is 0 Å². The van der Waals surface area contributed by atoms with Crippen molar-refractivity contribution in [2.75, 3.05) is 19.5 Å². The van der Waals surface area contributed by atoms with E-state index in [1.165, 1.54) is 20.3 Å². The second-order valence-electron chi connectivity index (χ2n) is 5.77. The fraction of sp³-hybridized carbons (Fsp3) is 0.167. The number of halogens is 3. The van der Waals surface area contributed by atoms with Crippen molar-refractivity contribution in [3.8, 4) is 23.1 Å². The number of methoxy groups -OCH3 is 2. The van der Waals surface area contributed by atoms with E-state index in [2.05, 4.69) is 25.3 Å². The number of rotatable bonds is 5. The molecule has 30 heavy (non-hydrogen) atoms. The van der Waals surface area contributed by atoms with Crippen LogP contribution >= 0.6 is 12.2 Å². The second-order valence-corrected chi connectivity index (χ2v) is 6.16. The average molecular weight is 440 g/mol. The lowest BCUT2D eigenvalue weighted by Gasteiger charge is -2.10. The van der Waals surface area contributed by atoms with Crippen LogP contribution in [0, 0.1) is 0 Å². The maximum absolute atomic E-state index is 12.5. The van der Waals surface area contributed by atoms with Gasteiger partial charge in [0.15, 0.2) is 5.69 Å². The summed E-state index contributed by atoms with van der Waals surface area (Å²) in [4.78, 5) is 2.59. The number of H-pyrrole nitrogens is 1. The van der Waals surface area contributed by atoms with Crippen LogP contribution in [0.2, 0.25) is 0 Å². The van der Waals surface area contributed by atoms with Gasteiger partial charge in [0.05, 0.1) is 25.4 Å². The Morgan fingerprint density at radius 2 is 1.83 bits per heavy atom. The van der Waals surface area contributed by atoms with Crippen molar-refractivity contribution in [1.29, 1.82) is 0 Å². The third-order valence-electron chi connectivity index (χ3n) is 3.85. The summed E-state index contributed by atoms with van der Waals surface area (Å²) in [6.45, 7) is 0. The molecule has 0 saturated carbocycles. The van der Waals surface area contributed by atoms with E-state index in [-0.39, 0.29) is 22.1 Å². The van der Waals surface area contributed by atoms with Crippen molar-refractivity contribution >= 4 is 39.6 Å². The van der Waals surface area contributed by atoms with Gasteiger partial charge in [-0.3, -0.25) is 0 Å². The number of aromatic amines is 1. The highest BCUT2D eigenvalue weighted by atomic mass is 32.1. The van der Waals surface area contributed by atoms with Gasteiger partial charge in [-0.05, 0) is 42.5 Å². The summed E-state index contributed by atoms with van der Waals surface area (Å²) in [7, 11) is 2.98. The maximum Gasteiger partial charge on any atom is 0.573 e. The van der Waals surface area contributed by atoms with Crippen molar-refractivity contribution in [2.24, 2.45) is 10.2 Å². The topological polar surface area (TPSA) is 100 Å². The predicted molar refractivity (Wildman–Crippen MR) is 107 cm³/mol. The van der Waals surface area contributed by atoms with Crippen LogP contribution in [0.15, 0.2) is 46.6 Å². The minimum Gasteiger partial charge on any atom is -0.497 e. The van der Waals surface area contributed by atoms with E-state index in [4.69, 9.17) is 21.7 Å². The summed E-state index contributed by atoms with van der Waals surface area (Å²) in [5.74, 6) is 0.165. The molecule has 1 heterocycles. The van der Waals surface area contributed by atoms with Gasteiger partial charge in [0, 0.05) is 11.5 Å². The molecular weight excluding hydrogens is 425 g/mol. The molecular formula is C18H15F3N4O4S. The Balaban J connectivity index is 1.84. The van der Waals surface area contributed by atoms with Gasteiger partial charge in [-0.2, -0.15) is 0 Å². The van der Waals surface area contributed by atoms with E-state index in [0.29, 0.717) is 22.7 Å². The molecule has 0 aliphatic rings. The van der Waals surface area contributed by atoms with Crippen molar-refractivity contribution in [2.45, 2.75) is 6.36 Å². The van der Waals surface area contributed by atoms with Crippen molar-refractivity contribution in [3.05, 3.63) is 36.4 Å². The number of anilines is 1. The van der Waals surface area contributed by atoms with Gasteiger partial charge in [-0.25, -0.2) is 0 Å². The zero-order chi connectivity index (χ0) is 21.9. The minimum absolute atomic E-state index is 0.0742. The first-order valence-electron chi connectivity index (χ1n) is 8.25. The van der Waals surface area contributed by atoms with Gasteiger partial charge in [-0.15, -0.1) is 23.4 Å². The second kappa shape index (κ2) is 8.45. The number of aromatic hydroxyl groups is 1. The average Bonchev–Trinajstić information content (AvgIpc) is 2.99. The van der Waals surface area contributed by atoms with Crippen molar-refractivity contribution < 1.29 is 32.5 Å². The lowest BCUT2D eigenvalue weighted by Crippen LogP contribution is -2.16. The Labute approximate surface area is 173 Å². The highest BCUT2D eigenvalue weighted by Gasteiger charge is 2.31. The highest BCUT2D eigenvalue weighted by molar-refractivity contribution is 7.80. The number of nitrogens with zero attached hydrogens (tertiary/aromatic N) is 2. The number of hydrogen-bond acceptors (Lipinski definition) is 6. The van der Waals surface area contributed by atoms with Gasteiger partial charge < -0.3 is 29.6 Å². The van der Waals surface area contributed by atoms with Crippen LogP contribution in [-0.4, -0.2) is 35.8 Å². The third kappa shape index (κ3) is 4.89. The summed E-state index contributed by atoms with van der Waals surface area (Å²) in [6, 6.07) is 8.47. The van der Waals surface area contributed by atoms with Crippen LogP contribution in [0.3, 0.4) is 0 Å². The summed E-state index contributed by atoms with van der Waals surface area (Å²) in [5.41, 5.74) is 0.737. The number of alkyl halides is 3. The Morgan fingerprint density at radius 3 is 2.50 bits per heavy atom. The first-order chi connectivity index (χ1) is 14.2. The number of benzene rings is 2. The van der Waals surface area contributed by atoms with Gasteiger partial charge in [0.2, 0.25) is 11.0 Å². The van der Waals surface area contributed by atoms with Gasteiger partial charge >= 0.3 is 6.36 Å². The molecule has 3 N–H and O–H groups in total. The molecule has 8 nitrogen and oxygen atoms in total. The molecule has 3 rings (SSSR count). The van der Waals surface area contributed by atoms with Gasteiger partial charge in [0.1, 0.15) is 17.2 Å².